The molecular weight excluding hydrogens is 338 g/mol. The molecule has 6 nitrogen and oxygen atoms in total. The van der Waals surface area contributed by atoms with Crippen LogP contribution in [0.4, 0.5) is 0 Å². The molecule has 0 spiro atoms. The van der Waals surface area contributed by atoms with Crippen molar-refractivity contribution in [1.29, 1.82) is 0 Å². The second kappa shape index (κ2) is 6.94. The Kier molecular flexibility index (Phi) is 4.30. The van der Waals surface area contributed by atoms with Crippen LogP contribution in [0.3, 0.4) is 0 Å². The van der Waals surface area contributed by atoms with Crippen molar-refractivity contribution in [3.63, 3.8) is 0 Å². The van der Waals surface area contributed by atoms with Crippen molar-refractivity contribution < 1.29 is 0 Å². The van der Waals surface area contributed by atoms with Crippen molar-refractivity contribution in [2.24, 2.45) is 0 Å². The van der Waals surface area contributed by atoms with Crippen molar-refractivity contribution in [2.45, 2.75) is 38.3 Å². The summed E-state index contributed by atoms with van der Waals surface area (Å²) in [5.74, 6) is 0.437. The maximum absolute atomic E-state index is 13.1. The predicted molar refractivity (Wildman–Crippen MR) is 105 cm³/mol. The first-order chi connectivity index (χ1) is 13.3. The summed E-state index contributed by atoms with van der Waals surface area (Å²) in [6, 6.07) is 12.5. The number of hydrogen-bond acceptors (Lipinski definition) is 4. The lowest BCUT2D eigenvalue weighted by molar-refractivity contribution is 0.241. The maximum Gasteiger partial charge on any atom is 0.277 e. The zero-order chi connectivity index (χ0) is 18.2. The molecule has 1 atom stereocenters. The van der Waals surface area contributed by atoms with Gasteiger partial charge in [-0.15, -0.1) is 0 Å². The zero-order valence-electron chi connectivity index (χ0n) is 15.4. The molecule has 2 aromatic heterocycles. The molecule has 0 bridgehead atoms. The van der Waals surface area contributed by atoms with E-state index >= 15 is 0 Å². The van der Waals surface area contributed by atoms with E-state index in [0.717, 1.165) is 61.6 Å². The summed E-state index contributed by atoms with van der Waals surface area (Å²) in [7, 11) is 0. The summed E-state index contributed by atoms with van der Waals surface area (Å²) in [6.07, 6.45) is 3.16. The van der Waals surface area contributed by atoms with Crippen LogP contribution in [0.2, 0.25) is 0 Å². The average Bonchev–Trinajstić information content (AvgIpc) is 3.15. The minimum atomic E-state index is 0.0581. The third-order valence-electron chi connectivity index (χ3n) is 5.85. The first kappa shape index (κ1) is 16.7. The van der Waals surface area contributed by atoms with Crippen LogP contribution in [-0.4, -0.2) is 39.1 Å². The molecule has 2 aliphatic rings. The van der Waals surface area contributed by atoms with Crippen LogP contribution in [0.5, 0.6) is 0 Å². The molecule has 0 aliphatic carbocycles. The first-order valence-corrected chi connectivity index (χ1v) is 9.88. The van der Waals surface area contributed by atoms with Crippen LogP contribution in [-0.2, 0) is 19.5 Å². The van der Waals surface area contributed by atoms with E-state index in [1.54, 1.807) is 4.52 Å². The maximum atomic E-state index is 13.1. The molecule has 27 heavy (non-hydrogen) atoms. The molecule has 0 amide bonds. The molecule has 0 unspecified atom stereocenters. The van der Waals surface area contributed by atoms with Gasteiger partial charge < -0.3 is 5.32 Å². The summed E-state index contributed by atoms with van der Waals surface area (Å²) in [5.41, 5.74) is 5.03. The number of benzene rings is 1. The van der Waals surface area contributed by atoms with Gasteiger partial charge in [-0.3, -0.25) is 14.8 Å². The van der Waals surface area contributed by atoms with Gasteiger partial charge in [0.15, 0.2) is 5.65 Å². The molecule has 2 N–H and O–H groups in total. The Morgan fingerprint density at radius 1 is 1.22 bits per heavy atom. The average molecular weight is 363 g/mol. The molecule has 4 heterocycles. The highest BCUT2D eigenvalue weighted by Crippen LogP contribution is 2.23. The number of piperidine rings is 1. The van der Waals surface area contributed by atoms with Crippen LogP contribution in [0.15, 0.2) is 41.2 Å². The van der Waals surface area contributed by atoms with E-state index in [9.17, 15) is 4.79 Å². The minimum absolute atomic E-state index is 0.0581. The third-order valence-corrected chi connectivity index (χ3v) is 5.85. The topological polar surface area (TPSA) is 65.4 Å². The van der Waals surface area contributed by atoms with Gasteiger partial charge in [-0.2, -0.15) is 0 Å². The summed E-state index contributed by atoms with van der Waals surface area (Å²) < 4.78 is 1.65. The Bertz CT molecular complexity index is 1000. The molecule has 1 aromatic carbocycles. The molecule has 1 saturated heterocycles. The van der Waals surface area contributed by atoms with E-state index in [1.807, 2.05) is 6.07 Å². The quantitative estimate of drug-likeness (QED) is 0.748. The zero-order valence-corrected chi connectivity index (χ0v) is 15.4. The standard InChI is InChI=1S/C21H25N5O/c27-21-17-14-25(13-15-5-2-1-3-6-15)10-8-18(17)23-20-11-19(24-26(20)21)16-7-4-9-22-12-16/h1-3,5-6,11,16,22,24H,4,7-10,12-14H2/t16-/m0/s1. The number of aromatic amines is 1. The van der Waals surface area contributed by atoms with Crippen molar-refractivity contribution in [3.05, 3.63) is 69.3 Å². The predicted octanol–water partition coefficient (Wildman–Crippen LogP) is 2.05. The number of fused-ring (bicyclic) bond motifs is 2. The van der Waals surface area contributed by atoms with Crippen LogP contribution in [0, 0.1) is 0 Å². The van der Waals surface area contributed by atoms with Crippen molar-refractivity contribution in [3.8, 4) is 0 Å². The van der Waals surface area contributed by atoms with E-state index < -0.39 is 0 Å². The minimum Gasteiger partial charge on any atom is -0.316 e. The van der Waals surface area contributed by atoms with E-state index in [1.165, 1.54) is 12.0 Å². The number of H-pyrrole nitrogens is 1. The first-order valence-electron chi connectivity index (χ1n) is 9.88. The lowest BCUT2D eigenvalue weighted by Crippen LogP contribution is -2.36. The van der Waals surface area contributed by atoms with Gasteiger partial charge in [0, 0.05) is 50.3 Å². The second-order valence-electron chi connectivity index (χ2n) is 7.74. The molecule has 0 saturated carbocycles. The highest BCUT2D eigenvalue weighted by molar-refractivity contribution is 5.43. The number of rotatable bonds is 3. The summed E-state index contributed by atoms with van der Waals surface area (Å²) >= 11 is 0. The molecule has 0 radical (unpaired) electrons. The number of nitrogens with one attached hydrogen (secondary N) is 2. The van der Waals surface area contributed by atoms with Crippen LogP contribution < -0.4 is 10.9 Å². The number of hydrogen-bond donors (Lipinski definition) is 2. The van der Waals surface area contributed by atoms with Crippen LogP contribution in [0.1, 0.15) is 41.3 Å². The molecule has 2 aliphatic heterocycles. The number of nitrogens with zero attached hydrogens (tertiary/aromatic N) is 3. The third kappa shape index (κ3) is 3.19. The largest absolute Gasteiger partial charge is 0.316 e. The van der Waals surface area contributed by atoms with Gasteiger partial charge >= 0.3 is 0 Å². The summed E-state index contributed by atoms with van der Waals surface area (Å²) in [6.45, 7) is 4.52. The lowest BCUT2D eigenvalue weighted by Gasteiger charge is -2.27. The van der Waals surface area contributed by atoms with Gasteiger partial charge in [0.2, 0.25) is 0 Å². The fourth-order valence-electron chi connectivity index (χ4n) is 4.36. The molecule has 5 rings (SSSR count). The van der Waals surface area contributed by atoms with Gasteiger partial charge in [-0.25, -0.2) is 9.50 Å². The van der Waals surface area contributed by atoms with Gasteiger partial charge in [0.05, 0.1) is 11.3 Å². The Balaban J connectivity index is 1.44. The van der Waals surface area contributed by atoms with E-state index in [-0.39, 0.29) is 5.56 Å². The Hall–Kier alpha value is -2.44. The van der Waals surface area contributed by atoms with E-state index in [4.69, 9.17) is 4.98 Å². The molecule has 3 aromatic rings. The highest BCUT2D eigenvalue weighted by Gasteiger charge is 2.24. The summed E-state index contributed by atoms with van der Waals surface area (Å²) in [4.78, 5) is 20.3. The SMILES string of the molecule is O=c1c2c(nc3cc([C@H]4CCCNC4)[nH]n13)CCN(Cc1ccccc1)C2. The van der Waals surface area contributed by atoms with Crippen LogP contribution in [0.25, 0.3) is 5.65 Å². The lowest BCUT2D eigenvalue weighted by atomic mass is 9.96. The molecule has 1 fully saturated rings. The van der Waals surface area contributed by atoms with Crippen molar-refractivity contribution >= 4 is 5.65 Å². The smallest absolute Gasteiger partial charge is 0.277 e. The van der Waals surface area contributed by atoms with Crippen LogP contribution >= 0.6 is 0 Å². The van der Waals surface area contributed by atoms with Crippen molar-refractivity contribution in [2.75, 3.05) is 19.6 Å². The second-order valence-corrected chi connectivity index (χ2v) is 7.74. The molecular formula is C21H25N5O. The Labute approximate surface area is 158 Å². The monoisotopic (exact) mass is 363 g/mol. The highest BCUT2D eigenvalue weighted by atomic mass is 16.1. The van der Waals surface area contributed by atoms with Crippen molar-refractivity contribution in [1.82, 2.24) is 24.8 Å². The fourth-order valence-corrected chi connectivity index (χ4v) is 4.36. The Morgan fingerprint density at radius 3 is 2.93 bits per heavy atom. The van der Waals surface area contributed by atoms with Gasteiger partial charge in [0.25, 0.3) is 5.56 Å². The molecule has 6 heteroatoms. The van der Waals surface area contributed by atoms with Gasteiger partial charge in [-0.1, -0.05) is 30.3 Å². The van der Waals surface area contributed by atoms with Gasteiger partial charge in [-0.05, 0) is 24.9 Å². The molecule has 140 valence electrons. The van der Waals surface area contributed by atoms with Gasteiger partial charge in [0.1, 0.15) is 0 Å². The van der Waals surface area contributed by atoms with E-state index in [0.29, 0.717) is 12.5 Å². The number of aromatic nitrogens is 3. The Morgan fingerprint density at radius 2 is 2.11 bits per heavy atom. The normalized spacial score (nSPS) is 20.7. The van der Waals surface area contributed by atoms with E-state index in [2.05, 4.69) is 45.6 Å². The summed E-state index contributed by atoms with van der Waals surface area (Å²) in [5, 5.41) is 6.77. The fraction of sp³-hybridized carbons (Fsp3) is 0.429.